The number of rotatable bonds is 6. The highest BCUT2D eigenvalue weighted by Gasteiger charge is 2.14. The molecule has 120 valence electrons. The smallest absolute Gasteiger partial charge is 0.261 e. The number of benzene rings is 2. The third-order valence-electron chi connectivity index (χ3n) is 2.92. The molecule has 0 saturated heterocycles. The summed E-state index contributed by atoms with van der Waals surface area (Å²) in [5, 5.41) is -0.630. The molecular formula is C16H14ClNO4S. The molecule has 0 aliphatic rings. The zero-order valence-electron chi connectivity index (χ0n) is 12.2. The molecule has 0 aliphatic carbocycles. The maximum atomic E-state index is 12.4. The topological polar surface area (TPSA) is 72.5 Å². The maximum Gasteiger partial charge on any atom is 0.261 e. The van der Waals surface area contributed by atoms with Gasteiger partial charge in [-0.2, -0.15) is 0 Å². The number of ether oxygens (including phenoxy) is 1. The van der Waals surface area contributed by atoms with Crippen LogP contribution in [-0.2, 0) is 14.8 Å². The lowest BCUT2D eigenvalue weighted by Gasteiger charge is -2.09. The van der Waals surface area contributed by atoms with Crippen LogP contribution < -0.4 is 9.46 Å². The van der Waals surface area contributed by atoms with E-state index in [9.17, 15) is 13.2 Å². The predicted molar refractivity (Wildman–Crippen MR) is 90.1 cm³/mol. The molecule has 0 amide bonds. The van der Waals surface area contributed by atoms with E-state index in [1.165, 1.54) is 25.3 Å². The fourth-order valence-corrected chi connectivity index (χ4v) is 3.00. The number of sulfonamides is 1. The predicted octanol–water partition coefficient (Wildman–Crippen LogP) is 3.27. The second kappa shape index (κ2) is 7.30. The van der Waals surface area contributed by atoms with Gasteiger partial charge in [0.25, 0.3) is 10.0 Å². The fraction of sp³-hybridized carbons (Fsp3) is 0.0625. The molecule has 0 heterocycles. The first-order valence-corrected chi connectivity index (χ1v) is 8.41. The summed E-state index contributed by atoms with van der Waals surface area (Å²) >= 11 is 5.22. The van der Waals surface area contributed by atoms with Crippen molar-refractivity contribution in [3.63, 3.8) is 0 Å². The van der Waals surface area contributed by atoms with Crippen molar-refractivity contribution in [1.29, 1.82) is 0 Å². The number of nitrogens with one attached hydrogen (secondary N) is 1. The van der Waals surface area contributed by atoms with Gasteiger partial charge in [0.15, 0.2) is 0 Å². The molecule has 0 radical (unpaired) electrons. The SMILES string of the molecule is COc1ccc(NS(=O)(=O)c2cccc(/C=C/C(=O)Cl)c2)cc1. The van der Waals surface area contributed by atoms with Gasteiger partial charge in [0, 0.05) is 5.69 Å². The van der Waals surface area contributed by atoms with Gasteiger partial charge in [-0.05, 0) is 59.6 Å². The molecule has 0 unspecified atom stereocenters. The van der Waals surface area contributed by atoms with E-state index < -0.39 is 15.3 Å². The molecule has 0 fully saturated rings. The summed E-state index contributed by atoms with van der Waals surface area (Å²) in [6.07, 6.45) is 2.60. The lowest BCUT2D eigenvalue weighted by Crippen LogP contribution is -2.12. The summed E-state index contributed by atoms with van der Waals surface area (Å²) in [5.41, 5.74) is 0.972. The average Bonchev–Trinajstić information content (AvgIpc) is 2.53. The Balaban J connectivity index is 2.24. The second-order valence-corrected chi connectivity index (χ2v) is 6.60. The zero-order valence-corrected chi connectivity index (χ0v) is 13.8. The molecule has 1 N–H and O–H groups in total. The van der Waals surface area contributed by atoms with E-state index in [1.54, 1.807) is 36.4 Å². The minimum Gasteiger partial charge on any atom is -0.497 e. The normalized spacial score (nSPS) is 11.4. The Hall–Kier alpha value is -2.31. The van der Waals surface area contributed by atoms with Gasteiger partial charge in [0.2, 0.25) is 5.24 Å². The van der Waals surface area contributed by atoms with Crippen molar-refractivity contribution in [3.8, 4) is 5.75 Å². The highest BCUT2D eigenvalue weighted by atomic mass is 35.5. The van der Waals surface area contributed by atoms with Crippen LogP contribution in [0.25, 0.3) is 6.08 Å². The molecule has 0 saturated carbocycles. The largest absolute Gasteiger partial charge is 0.497 e. The highest BCUT2D eigenvalue weighted by Crippen LogP contribution is 2.20. The molecule has 23 heavy (non-hydrogen) atoms. The minimum absolute atomic E-state index is 0.0810. The van der Waals surface area contributed by atoms with Crippen LogP contribution in [0.2, 0.25) is 0 Å². The number of hydrogen-bond donors (Lipinski definition) is 1. The third kappa shape index (κ3) is 4.84. The van der Waals surface area contributed by atoms with Crippen molar-refractivity contribution in [2.45, 2.75) is 4.90 Å². The monoisotopic (exact) mass is 351 g/mol. The Morgan fingerprint density at radius 1 is 1.17 bits per heavy atom. The van der Waals surface area contributed by atoms with Crippen LogP contribution in [0.1, 0.15) is 5.56 Å². The van der Waals surface area contributed by atoms with Gasteiger partial charge in [0.1, 0.15) is 5.75 Å². The van der Waals surface area contributed by atoms with Gasteiger partial charge in [-0.1, -0.05) is 18.2 Å². The zero-order chi connectivity index (χ0) is 16.9. The van der Waals surface area contributed by atoms with Gasteiger partial charge >= 0.3 is 0 Å². The minimum atomic E-state index is -3.74. The van der Waals surface area contributed by atoms with Gasteiger partial charge in [-0.25, -0.2) is 8.42 Å². The Labute approximate surface area is 139 Å². The lowest BCUT2D eigenvalue weighted by molar-refractivity contribution is -0.107. The standard InChI is InChI=1S/C16H14ClNO4S/c1-22-14-8-6-13(7-9-14)18-23(20,21)15-4-2-3-12(11-15)5-10-16(17)19/h2-11,18H,1H3/b10-5+. The van der Waals surface area contributed by atoms with Crippen molar-refractivity contribution in [2.75, 3.05) is 11.8 Å². The van der Waals surface area contributed by atoms with E-state index in [0.29, 0.717) is 17.0 Å². The number of carbonyl (C=O) groups excluding carboxylic acids is 1. The van der Waals surface area contributed by atoms with Crippen LogP contribution in [0.5, 0.6) is 5.75 Å². The number of carbonyl (C=O) groups is 1. The van der Waals surface area contributed by atoms with Crippen LogP contribution in [0.3, 0.4) is 0 Å². The van der Waals surface area contributed by atoms with Gasteiger partial charge in [-0.15, -0.1) is 0 Å². The second-order valence-electron chi connectivity index (χ2n) is 4.54. The molecule has 0 bridgehead atoms. The molecule has 0 aromatic heterocycles. The summed E-state index contributed by atoms with van der Waals surface area (Å²) in [7, 11) is -2.21. The lowest BCUT2D eigenvalue weighted by atomic mass is 10.2. The number of hydrogen-bond acceptors (Lipinski definition) is 4. The Bertz CT molecular complexity index is 829. The highest BCUT2D eigenvalue weighted by molar-refractivity contribution is 7.92. The van der Waals surface area contributed by atoms with Crippen molar-refractivity contribution in [3.05, 3.63) is 60.2 Å². The number of methoxy groups -OCH3 is 1. The van der Waals surface area contributed by atoms with E-state index in [2.05, 4.69) is 4.72 Å². The Kier molecular flexibility index (Phi) is 5.41. The molecule has 0 spiro atoms. The first-order chi connectivity index (χ1) is 10.9. The summed E-state index contributed by atoms with van der Waals surface area (Å²) < 4.78 is 32.3. The van der Waals surface area contributed by atoms with E-state index in [-0.39, 0.29) is 4.90 Å². The van der Waals surface area contributed by atoms with Gasteiger partial charge in [0.05, 0.1) is 12.0 Å². The molecule has 2 rings (SSSR count). The summed E-state index contributed by atoms with van der Waals surface area (Å²) in [4.78, 5) is 10.8. The first kappa shape index (κ1) is 17.1. The summed E-state index contributed by atoms with van der Waals surface area (Å²) in [6, 6.07) is 12.7. The summed E-state index contributed by atoms with van der Waals surface area (Å²) in [6.45, 7) is 0. The van der Waals surface area contributed by atoms with E-state index in [0.717, 1.165) is 6.08 Å². The summed E-state index contributed by atoms with van der Waals surface area (Å²) in [5.74, 6) is 0.630. The molecular weight excluding hydrogens is 338 g/mol. The van der Waals surface area contributed by atoms with Crippen LogP contribution in [0.15, 0.2) is 59.5 Å². The van der Waals surface area contributed by atoms with Crippen LogP contribution in [0, 0.1) is 0 Å². The van der Waals surface area contributed by atoms with Crippen LogP contribution in [-0.4, -0.2) is 20.8 Å². The number of halogens is 1. The van der Waals surface area contributed by atoms with Crippen molar-refractivity contribution in [2.24, 2.45) is 0 Å². The van der Waals surface area contributed by atoms with E-state index >= 15 is 0 Å². The van der Waals surface area contributed by atoms with E-state index in [4.69, 9.17) is 16.3 Å². The molecule has 5 nitrogen and oxygen atoms in total. The van der Waals surface area contributed by atoms with Crippen LogP contribution >= 0.6 is 11.6 Å². The average molecular weight is 352 g/mol. The van der Waals surface area contributed by atoms with Crippen molar-refractivity contribution >= 4 is 38.6 Å². The number of allylic oxidation sites excluding steroid dienone is 1. The third-order valence-corrected chi connectivity index (χ3v) is 4.42. The van der Waals surface area contributed by atoms with E-state index in [1.807, 2.05) is 0 Å². The molecule has 0 atom stereocenters. The Morgan fingerprint density at radius 2 is 1.87 bits per heavy atom. The maximum absolute atomic E-state index is 12.4. The Morgan fingerprint density at radius 3 is 2.48 bits per heavy atom. The fourth-order valence-electron chi connectivity index (χ4n) is 1.82. The molecule has 7 heteroatoms. The first-order valence-electron chi connectivity index (χ1n) is 6.55. The molecule has 2 aromatic carbocycles. The molecule has 0 aliphatic heterocycles. The molecule has 2 aromatic rings. The quantitative estimate of drug-likeness (QED) is 0.640. The number of anilines is 1. The van der Waals surface area contributed by atoms with Gasteiger partial charge in [-0.3, -0.25) is 9.52 Å². The van der Waals surface area contributed by atoms with Gasteiger partial charge < -0.3 is 4.74 Å². The van der Waals surface area contributed by atoms with Crippen molar-refractivity contribution < 1.29 is 17.9 Å². The van der Waals surface area contributed by atoms with Crippen molar-refractivity contribution in [1.82, 2.24) is 0 Å². The van der Waals surface area contributed by atoms with Crippen LogP contribution in [0.4, 0.5) is 5.69 Å².